The summed E-state index contributed by atoms with van der Waals surface area (Å²) in [6.07, 6.45) is 8.42. The predicted octanol–water partition coefficient (Wildman–Crippen LogP) is 3.22. The molecule has 2 aliphatic heterocycles. The zero-order valence-corrected chi connectivity index (χ0v) is 18.7. The molecule has 4 aliphatic carbocycles. The van der Waals surface area contributed by atoms with Gasteiger partial charge in [-0.3, -0.25) is 4.79 Å². The lowest BCUT2D eigenvalue weighted by molar-refractivity contribution is -0.136. The molecule has 7 nitrogen and oxygen atoms in total. The van der Waals surface area contributed by atoms with Gasteiger partial charge in [0.05, 0.1) is 24.5 Å². The Morgan fingerprint density at radius 1 is 1.13 bits per heavy atom. The first-order chi connectivity index (χ1) is 15.1. The van der Waals surface area contributed by atoms with Crippen LogP contribution in [0.3, 0.4) is 0 Å². The van der Waals surface area contributed by atoms with Crippen LogP contribution in [-0.2, 0) is 9.47 Å². The number of thiazole rings is 1. The summed E-state index contributed by atoms with van der Waals surface area (Å²) < 4.78 is 17.5. The molecule has 6 fully saturated rings. The lowest BCUT2D eigenvalue weighted by atomic mass is 9.52. The predicted molar refractivity (Wildman–Crippen MR) is 114 cm³/mol. The maximum Gasteiger partial charge on any atom is 0.274 e. The number of ether oxygens (including phenoxy) is 3. The topological polar surface area (TPSA) is 89.9 Å². The van der Waals surface area contributed by atoms with Crippen LogP contribution in [0.15, 0.2) is 0 Å². The minimum Gasteiger partial charge on any atom is -0.467 e. The van der Waals surface area contributed by atoms with Crippen LogP contribution in [-0.4, -0.2) is 53.6 Å². The molecule has 0 spiro atoms. The molecule has 4 saturated carbocycles. The molecule has 6 aliphatic rings. The van der Waals surface area contributed by atoms with Gasteiger partial charge in [-0.25, -0.2) is 4.98 Å². The average Bonchev–Trinajstić information content (AvgIpc) is 3.40. The molecule has 0 radical (unpaired) electrons. The highest BCUT2D eigenvalue weighted by molar-refractivity contribution is 7.15. The van der Waals surface area contributed by atoms with E-state index in [-0.39, 0.29) is 24.2 Å². The molecule has 3 unspecified atom stereocenters. The van der Waals surface area contributed by atoms with Crippen molar-refractivity contribution < 1.29 is 24.1 Å². The standard InChI is InChI=1S/C23H32N2O5S/c26-21(24-18-14-8-13-9-15(18)12-23(27,10-13)11-14)20-19(17-2-1-5-29-17)25-22(31-20)30-16-3-6-28-7-4-16/h13-18,27H,1-12H2,(H,24,26)/t13?,14-,15+,17-,18?,23?/m1/s1. The lowest BCUT2D eigenvalue weighted by Crippen LogP contribution is -2.61. The highest BCUT2D eigenvalue weighted by atomic mass is 32.1. The Balaban J connectivity index is 1.21. The first kappa shape index (κ1) is 20.4. The molecular weight excluding hydrogens is 416 g/mol. The molecule has 7 rings (SSSR count). The third-order valence-electron chi connectivity index (χ3n) is 8.05. The number of amides is 1. The number of carbonyl (C=O) groups excluding carboxylic acids is 1. The Morgan fingerprint density at radius 3 is 2.58 bits per heavy atom. The van der Waals surface area contributed by atoms with Gasteiger partial charge in [0.15, 0.2) is 0 Å². The van der Waals surface area contributed by atoms with Crippen molar-refractivity contribution in [2.45, 2.75) is 81.6 Å². The Hall–Kier alpha value is -1.22. The second-order valence-corrected chi connectivity index (χ2v) is 11.3. The zero-order valence-electron chi connectivity index (χ0n) is 17.9. The van der Waals surface area contributed by atoms with Crippen LogP contribution < -0.4 is 10.1 Å². The monoisotopic (exact) mass is 448 g/mol. The van der Waals surface area contributed by atoms with Gasteiger partial charge in [0, 0.05) is 25.5 Å². The van der Waals surface area contributed by atoms with Gasteiger partial charge in [0.1, 0.15) is 17.1 Å². The maximum atomic E-state index is 13.5. The van der Waals surface area contributed by atoms with Crippen molar-refractivity contribution in [3.63, 3.8) is 0 Å². The summed E-state index contributed by atoms with van der Waals surface area (Å²) in [6, 6.07) is 0.156. The second-order valence-electron chi connectivity index (χ2n) is 10.3. The van der Waals surface area contributed by atoms with E-state index >= 15 is 0 Å². The number of hydrogen-bond donors (Lipinski definition) is 2. The minimum atomic E-state index is -0.490. The first-order valence-corrected chi connectivity index (χ1v) is 12.8. The summed E-state index contributed by atoms with van der Waals surface area (Å²) in [4.78, 5) is 18.8. The second kappa shape index (κ2) is 7.97. The molecule has 4 bridgehead atoms. The Morgan fingerprint density at radius 2 is 1.90 bits per heavy atom. The average molecular weight is 449 g/mol. The van der Waals surface area contributed by atoms with Crippen LogP contribution in [0.4, 0.5) is 0 Å². The number of nitrogens with zero attached hydrogens (tertiary/aromatic N) is 1. The molecule has 6 atom stereocenters. The van der Waals surface area contributed by atoms with E-state index in [1.165, 1.54) is 11.3 Å². The molecule has 0 aromatic carbocycles. The van der Waals surface area contributed by atoms with E-state index in [0.717, 1.165) is 63.5 Å². The van der Waals surface area contributed by atoms with E-state index < -0.39 is 5.60 Å². The van der Waals surface area contributed by atoms with Gasteiger partial charge >= 0.3 is 0 Å². The Labute approximate surface area is 186 Å². The number of hydrogen-bond acceptors (Lipinski definition) is 7. The van der Waals surface area contributed by atoms with E-state index in [1.54, 1.807) is 0 Å². The van der Waals surface area contributed by atoms with Crippen molar-refractivity contribution in [3.05, 3.63) is 10.6 Å². The van der Waals surface area contributed by atoms with Gasteiger partial charge in [-0.15, -0.1) is 0 Å². The van der Waals surface area contributed by atoms with Gasteiger partial charge < -0.3 is 24.6 Å². The van der Waals surface area contributed by atoms with Gasteiger partial charge in [-0.05, 0) is 62.7 Å². The molecule has 1 aromatic heterocycles. The van der Waals surface area contributed by atoms with Crippen molar-refractivity contribution >= 4 is 17.2 Å². The van der Waals surface area contributed by atoms with Crippen LogP contribution in [0.25, 0.3) is 0 Å². The maximum absolute atomic E-state index is 13.5. The largest absolute Gasteiger partial charge is 0.467 e. The number of aliphatic hydroxyl groups is 1. The van der Waals surface area contributed by atoms with Gasteiger partial charge in [-0.1, -0.05) is 11.3 Å². The molecule has 170 valence electrons. The van der Waals surface area contributed by atoms with Crippen LogP contribution in [0, 0.1) is 17.8 Å². The van der Waals surface area contributed by atoms with Crippen molar-refractivity contribution in [1.29, 1.82) is 0 Å². The lowest BCUT2D eigenvalue weighted by Gasteiger charge is -2.58. The highest BCUT2D eigenvalue weighted by Crippen LogP contribution is 2.55. The smallest absolute Gasteiger partial charge is 0.274 e. The number of carbonyl (C=O) groups is 1. The van der Waals surface area contributed by atoms with Crippen molar-refractivity contribution in [3.8, 4) is 5.19 Å². The third kappa shape index (κ3) is 3.90. The summed E-state index contributed by atoms with van der Waals surface area (Å²) in [5.74, 6) is 1.35. The fourth-order valence-electron chi connectivity index (χ4n) is 6.91. The Bertz CT molecular complexity index is 816. The molecule has 8 heteroatoms. The molecule has 2 saturated heterocycles. The Kier molecular flexibility index (Phi) is 5.24. The van der Waals surface area contributed by atoms with Gasteiger partial charge in [0.25, 0.3) is 11.1 Å². The van der Waals surface area contributed by atoms with Crippen LogP contribution >= 0.6 is 11.3 Å². The van der Waals surface area contributed by atoms with E-state index in [9.17, 15) is 9.90 Å². The summed E-state index contributed by atoms with van der Waals surface area (Å²) in [5.41, 5.74) is 0.250. The van der Waals surface area contributed by atoms with Crippen LogP contribution in [0.2, 0.25) is 0 Å². The van der Waals surface area contributed by atoms with E-state index in [4.69, 9.17) is 19.2 Å². The quantitative estimate of drug-likeness (QED) is 0.719. The van der Waals surface area contributed by atoms with Crippen molar-refractivity contribution in [2.75, 3.05) is 19.8 Å². The van der Waals surface area contributed by atoms with Crippen LogP contribution in [0.5, 0.6) is 5.19 Å². The summed E-state index contributed by atoms with van der Waals surface area (Å²) in [7, 11) is 0. The van der Waals surface area contributed by atoms with Crippen molar-refractivity contribution in [1.82, 2.24) is 10.3 Å². The highest BCUT2D eigenvalue weighted by Gasteiger charge is 2.55. The summed E-state index contributed by atoms with van der Waals surface area (Å²) >= 11 is 1.36. The molecule has 1 aromatic rings. The molecule has 1 amide bonds. The molecular formula is C23H32N2O5S. The zero-order chi connectivity index (χ0) is 21.0. The minimum absolute atomic E-state index is 0.0470. The van der Waals surface area contributed by atoms with Gasteiger partial charge in [-0.2, -0.15) is 0 Å². The third-order valence-corrected chi connectivity index (χ3v) is 9.01. The molecule has 31 heavy (non-hydrogen) atoms. The molecule has 3 heterocycles. The van der Waals surface area contributed by atoms with E-state index in [2.05, 4.69) is 5.32 Å². The summed E-state index contributed by atoms with van der Waals surface area (Å²) in [6.45, 7) is 2.13. The van der Waals surface area contributed by atoms with Gasteiger partial charge in [0.2, 0.25) is 0 Å². The number of rotatable bonds is 5. The van der Waals surface area contributed by atoms with Crippen molar-refractivity contribution in [2.24, 2.45) is 17.8 Å². The normalized spacial score (nSPS) is 39.7. The number of aromatic nitrogens is 1. The fourth-order valence-corrected chi connectivity index (χ4v) is 7.84. The first-order valence-electron chi connectivity index (χ1n) is 12.0. The van der Waals surface area contributed by atoms with E-state index in [1.807, 2.05) is 0 Å². The van der Waals surface area contributed by atoms with E-state index in [0.29, 0.717) is 47.6 Å². The van der Waals surface area contributed by atoms with Crippen LogP contribution in [0.1, 0.15) is 79.3 Å². The SMILES string of the molecule is O=C(NC1[C@@H]2CC3C[C@H]1CC(O)(C3)C2)c1sc(OC2CCOCC2)nc1[C@H]1CCCO1. The summed E-state index contributed by atoms with van der Waals surface area (Å²) in [5, 5.41) is 14.8. The number of nitrogens with one attached hydrogen (secondary N) is 1. The molecule has 2 N–H and O–H groups in total. The fraction of sp³-hybridized carbons (Fsp3) is 0.826.